The van der Waals surface area contributed by atoms with Crippen molar-refractivity contribution in [3.05, 3.63) is 88.2 Å². The number of esters is 1. The van der Waals surface area contributed by atoms with Gasteiger partial charge in [0, 0.05) is 12.1 Å². The summed E-state index contributed by atoms with van der Waals surface area (Å²) in [6.45, 7) is 7.57. The molecule has 0 atom stereocenters. The number of hydrogen-bond donors (Lipinski definition) is 1. The van der Waals surface area contributed by atoms with Crippen LogP contribution in [0.15, 0.2) is 59.5 Å². The first-order valence-electron chi connectivity index (χ1n) is 9.74. The number of hydrogen-bond acceptors (Lipinski definition) is 4. The van der Waals surface area contributed by atoms with E-state index in [1.54, 1.807) is 44.2 Å². The van der Waals surface area contributed by atoms with Gasteiger partial charge in [-0.25, -0.2) is 9.63 Å². The van der Waals surface area contributed by atoms with E-state index in [2.05, 4.69) is 4.83 Å². The molecule has 3 rings (SSSR count). The maximum absolute atomic E-state index is 13.0. The van der Waals surface area contributed by atoms with Crippen molar-refractivity contribution in [3.8, 4) is 0 Å². The van der Waals surface area contributed by atoms with Gasteiger partial charge in [-0.15, -0.1) is 0 Å². The molecule has 7 heteroatoms. The molecule has 0 saturated carbocycles. The predicted molar refractivity (Wildman–Crippen MR) is 117 cm³/mol. The third kappa shape index (κ3) is 4.74. The standard InChI is InChI=1S/C23H26N2O4S/c1-5-29-23(26)22-15-20(14-19-8-6-7-17(3)13-19)25(18(22)4)24-30(27,28)21-11-9-16(2)10-12-21/h6-13,15,24H,5,14H2,1-4H3. The first kappa shape index (κ1) is 21.6. The van der Waals surface area contributed by atoms with Gasteiger partial charge in [-0.2, -0.15) is 8.42 Å². The van der Waals surface area contributed by atoms with Gasteiger partial charge < -0.3 is 4.74 Å². The van der Waals surface area contributed by atoms with Gasteiger partial charge in [0.25, 0.3) is 10.0 Å². The normalized spacial score (nSPS) is 11.3. The van der Waals surface area contributed by atoms with Crippen LogP contribution < -0.4 is 4.83 Å². The lowest BCUT2D eigenvalue weighted by molar-refractivity contribution is 0.0525. The van der Waals surface area contributed by atoms with E-state index in [0.717, 1.165) is 16.7 Å². The topological polar surface area (TPSA) is 77.4 Å². The Hall–Kier alpha value is -3.06. The zero-order valence-electron chi connectivity index (χ0n) is 17.6. The van der Waals surface area contributed by atoms with Crippen molar-refractivity contribution >= 4 is 16.0 Å². The summed E-state index contributed by atoms with van der Waals surface area (Å²) >= 11 is 0. The molecule has 0 unspecified atom stereocenters. The second-order valence-corrected chi connectivity index (χ2v) is 8.93. The minimum Gasteiger partial charge on any atom is -0.462 e. The molecule has 6 nitrogen and oxygen atoms in total. The third-order valence-corrected chi connectivity index (χ3v) is 6.14. The van der Waals surface area contributed by atoms with Crippen molar-refractivity contribution in [2.24, 2.45) is 0 Å². The highest BCUT2D eigenvalue weighted by Crippen LogP contribution is 2.21. The molecule has 0 spiro atoms. The van der Waals surface area contributed by atoms with Crippen molar-refractivity contribution in [1.29, 1.82) is 0 Å². The highest BCUT2D eigenvalue weighted by molar-refractivity contribution is 7.92. The molecule has 0 aliphatic rings. The number of carbonyl (C=O) groups is 1. The van der Waals surface area contributed by atoms with Gasteiger partial charge in [0.2, 0.25) is 0 Å². The molecular formula is C23H26N2O4S. The number of aryl methyl sites for hydroxylation is 2. The SMILES string of the molecule is CCOC(=O)c1cc(Cc2cccc(C)c2)n(NS(=O)(=O)c2ccc(C)cc2)c1C. The summed E-state index contributed by atoms with van der Waals surface area (Å²) in [5.74, 6) is -0.478. The molecule has 1 heterocycles. The molecular weight excluding hydrogens is 400 g/mol. The molecule has 0 fully saturated rings. The van der Waals surface area contributed by atoms with Crippen LogP contribution in [0.2, 0.25) is 0 Å². The Bertz CT molecular complexity index is 1160. The van der Waals surface area contributed by atoms with Gasteiger partial charge in [-0.05, 0) is 51.5 Å². The quantitative estimate of drug-likeness (QED) is 0.577. The predicted octanol–water partition coefficient (Wildman–Crippen LogP) is 4.11. The van der Waals surface area contributed by atoms with E-state index < -0.39 is 16.0 Å². The number of nitrogens with one attached hydrogen (secondary N) is 1. The molecule has 158 valence electrons. The summed E-state index contributed by atoms with van der Waals surface area (Å²) in [6.07, 6.45) is 0.457. The third-order valence-electron chi connectivity index (χ3n) is 4.83. The van der Waals surface area contributed by atoms with E-state index in [1.165, 1.54) is 4.68 Å². The van der Waals surface area contributed by atoms with Crippen LogP contribution in [-0.2, 0) is 21.2 Å². The minimum absolute atomic E-state index is 0.153. The van der Waals surface area contributed by atoms with Gasteiger partial charge in [-0.1, -0.05) is 47.5 Å². The van der Waals surface area contributed by atoms with Crippen LogP contribution in [0.5, 0.6) is 0 Å². The van der Waals surface area contributed by atoms with Crippen LogP contribution in [-0.4, -0.2) is 25.7 Å². The molecule has 2 aromatic carbocycles. The molecule has 1 aromatic heterocycles. The monoisotopic (exact) mass is 426 g/mol. The van der Waals surface area contributed by atoms with E-state index >= 15 is 0 Å². The van der Waals surface area contributed by atoms with Gasteiger partial charge in [-0.3, -0.25) is 4.68 Å². The van der Waals surface area contributed by atoms with E-state index in [4.69, 9.17) is 4.74 Å². The summed E-state index contributed by atoms with van der Waals surface area (Å²) in [6, 6.07) is 16.2. The number of carbonyl (C=O) groups excluding carboxylic acids is 1. The number of benzene rings is 2. The minimum atomic E-state index is -3.84. The summed E-state index contributed by atoms with van der Waals surface area (Å²) < 4.78 is 32.6. The van der Waals surface area contributed by atoms with Crippen molar-refractivity contribution in [3.63, 3.8) is 0 Å². The largest absolute Gasteiger partial charge is 0.462 e. The molecule has 0 amide bonds. The van der Waals surface area contributed by atoms with Crippen LogP contribution in [0.1, 0.15) is 45.4 Å². The Morgan fingerprint density at radius 1 is 1.00 bits per heavy atom. The fourth-order valence-electron chi connectivity index (χ4n) is 3.27. The lowest BCUT2D eigenvalue weighted by atomic mass is 10.1. The summed E-state index contributed by atoms with van der Waals surface area (Å²) in [5.41, 5.74) is 4.55. The van der Waals surface area contributed by atoms with Crippen LogP contribution in [0.3, 0.4) is 0 Å². The molecule has 30 heavy (non-hydrogen) atoms. The highest BCUT2D eigenvalue weighted by Gasteiger charge is 2.23. The zero-order chi connectivity index (χ0) is 21.9. The summed E-state index contributed by atoms with van der Waals surface area (Å²) in [7, 11) is -3.84. The van der Waals surface area contributed by atoms with Crippen molar-refractivity contribution < 1.29 is 17.9 Å². The second-order valence-electron chi connectivity index (χ2n) is 7.26. The van der Waals surface area contributed by atoms with Gasteiger partial charge in [0.15, 0.2) is 0 Å². The van der Waals surface area contributed by atoms with Crippen molar-refractivity contribution in [1.82, 2.24) is 4.68 Å². The molecule has 0 radical (unpaired) electrons. The summed E-state index contributed by atoms with van der Waals surface area (Å²) in [4.78, 5) is 15.2. The first-order chi connectivity index (χ1) is 14.2. The van der Waals surface area contributed by atoms with E-state index in [9.17, 15) is 13.2 Å². The van der Waals surface area contributed by atoms with Gasteiger partial charge in [0.1, 0.15) is 0 Å². The van der Waals surface area contributed by atoms with E-state index in [0.29, 0.717) is 23.4 Å². The van der Waals surface area contributed by atoms with E-state index in [1.807, 2.05) is 38.1 Å². The number of nitrogens with zero attached hydrogens (tertiary/aromatic N) is 1. The van der Waals surface area contributed by atoms with E-state index in [-0.39, 0.29) is 11.5 Å². The molecule has 0 aliphatic heterocycles. The summed E-state index contributed by atoms with van der Waals surface area (Å²) in [5, 5.41) is 0. The molecule has 0 saturated heterocycles. The maximum Gasteiger partial charge on any atom is 0.340 e. The van der Waals surface area contributed by atoms with Crippen LogP contribution in [0.25, 0.3) is 0 Å². The Morgan fingerprint density at radius 3 is 2.33 bits per heavy atom. The Labute approximate surface area is 177 Å². The Morgan fingerprint density at radius 2 is 1.70 bits per heavy atom. The van der Waals surface area contributed by atoms with Gasteiger partial charge >= 0.3 is 5.97 Å². The number of ether oxygens (including phenoxy) is 1. The number of sulfonamides is 1. The van der Waals surface area contributed by atoms with Crippen LogP contribution in [0, 0.1) is 20.8 Å². The highest BCUT2D eigenvalue weighted by atomic mass is 32.2. The Balaban J connectivity index is 2.04. The first-order valence-corrected chi connectivity index (χ1v) is 11.2. The Kier molecular flexibility index (Phi) is 6.31. The van der Waals surface area contributed by atoms with Crippen LogP contribution >= 0.6 is 0 Å². The van der Waals surface area contributed by atoms with Gasteiger partial charge in [0.05, 0.1) is 22.8 Å². The maximum atomic E-state index is 13.0. The molecule has 1 N–H and O–H groups in total. The molecule has 0 bridgehead atoms. The van der Waals surface area contributed by atoms with Crippen molar-refractivity contribution in [2.45, 2.75) is 39.0 Å². The average Bonchev–Trinajstić information content (AvgIpc) is 2.98. The van der Waals surface area contributed by atoms with Crippen molar-refractivity contribution in [2.75, 3.05) is 11.4 Å². The lowest BCUT2D eigenvalue weighted by Gasteiger charge is -2.15. The molecule has 3 aromatic rings. The smallest absolute Gasteiger partial charge is 0.340 e. The average molecular weight is 427 g/mol. The second kappa shape index (κ2) is 8.75. The number of aromatic nitrogens is 1. The fraction of sp³-hybridized carbons (Fsp3) is 0.261. The zero-order valence-corrected chi connectivity index (χ0v) is 18.4. The number of rotatable bonds is 7. The van der Waals surface area contributed by atoms with Crippen LogP contribution in [0.4, 0.5) is 0 Å². The fourth-order valence-corrected chi connectivity index (χ4v) is 4.36. The lowest BCUT2D eigenvalue weighted by Crippen LogP contribution is -2.26. The molecule has 0 aliphatic carbocycles.